The van der Waals surface area contributed by atoms with E-state index in [1.165, 1.54) is 29.1 Å². The second kappa shape index (κ2) is 4.41. The Bertz CT molecular complexity index is 291. The molecule has 2 nitrogen and oxygen atoms in total. The molecule has 1 aliphatic rings. The molecule has 0 spiro atoms. The minimum Gasteiger partial charge on any atom is -0.309 e. The number of nitrogens with zero attached hydrogens (tertiary/aromatic N) is 1. The van der Waals surface area contributed by atoms with Crippen LogP contribution < -0.4 is 5.32 Å². The first-order valence-corrected chi connectivity index (χ1v) is 6.29. The summed E-state index contributed by atoms with van der Waals surface area (Å²) >= 11 is 1.88. The number of hydrogen-bond donors (Lipinski definition) is 1. The van der Waals surface area contributed by atoms with Crippen LogP contribution in [0.25, 0.3) is 0 Å². The fraction of sp³-hybridized carbons (Fsp3) is 0.727. The molecule has 1 unspecified atom stereocenters. The lowest BCUT2D eigenvalue weighted by Crippen LogP contribution is -2.23. The summed E-state index contributed by atoms with van der Waals surface area (Å²) in [6, 6.07) is 0.612. The average Bonchev–Trinajstić information content (AvgIpc) is 2.95. The molecule has 0 radical (unpaired) electrons. The van der Waals surface area contributed by atoms with E-state index in [4.69, 9.17) is 0 Å². The monoisotopic (exact) mass is 210 g/mol. The largest absolute Gasteiger partial charge is 0.309 e. The summed E-state index contributed by atoms with van der Waals surface area (Å²) in [5, 5.41) is 4.84. The summed E-state index contributed by atoms with van der Waals surface area (Å²) in [7, 11) is 0. The Kier molecular flexibility index (Phi) is 3.19. The molecule has 2 rings (SSSR count). The Balaban J connectivity index is 1.83. The van der Waals surface area contributed by atoms with E-state index >= 15 is 0 Å². The zero-order chi connectivity index (χ0) is 9.97. The molecular weight excluding hydrogens is 192 g/mol. The first-order chi connectivity index (χ1) is 6.79. The van der Waals surface area contributed by atoms with Crippen molar-refractivity contribution in [2.75, 3.05) is 0 Å². The van der Waals surface area contributed by atoms with Gasteiger partial charge in [-0.2, -0.15) is 0 Å². The van der Waals surface area contributed by atoms with Crippen molar-refractivity contribution in [2.45, 2.75) is 51.6 Å². The highest BCUT2D eigenvalue weighted by atomic mass is 32.1. The maximum atomic E-state index is 4.46. The van der Waals surface area contributed by atoms with Crippen molar-refractivity contribution in [1.82, 2.24) is 10.3 Å². The normalized spacial score (nSPS) is 18.4. The van der Waals surface area contributed by atoms with E-state index in [1.54, 1.807) is 0 Å². The van der Waals surface area contributed by atoms with Gasteiger partial charge in [0.1, 0.15) is 0 Å². The van der Waals surface area contributed by atoms with Crippen LogP contribution in [-0.2, 0) is 6.54 Å². The van der Waals surface area contributed by atoms with Gasteiger partial charge < -0.3 is 5.32 Å². The van der Waals surface area contributed by atoms with Crippen molar-refractivity contribution >= 4 is 11.3 Å². The van der Waals surface area contributed by atoms with Crippen LogP contribution in [0.2, 0.25) is 0 Å². The molecule has 78 valence electrons. The molecule has 0 bridgehead atoms. The number of hydrogen-bond acceptors (Lipinski definition) is 3. The smallest absolute Gasteiger partial charge is 0.0959 e. The second-order valence-corrected chi connectivity index (χ2v) is 5.28. The van der Waals surface area contributed by atoms with Crippen molar-refractivity contribution in [3.05, 3.63) is 16.1 Å². The Labute approximate surface area is 89.8 Å². The van der Waals surface area contributed by atoms with Gasteiger partial charge in [-0.05, 0) is 26.2 Å². The summed E-state index contributed by atoms with van der Waals surface area (Å²) in [5.74, 6) is 0.803. The van der Waals surface area contributed by atoms with Crippen LogP contribution in [0.3, 0.4) is 0 Å². The van der Waals surface area contributed by atoms with Gasteiger partial charge in [-0.3, -0.25) is 0 Å². The number of thiazole rings is 1. The van der Waals surface area contributed by atoms with Crippen molar-refractivity contribution < 1.29 is 0 Å². The summed E-state index contributed by atoms with van der Waals surface area (Å²) in [6.07, 6.45) is 5.93. The highest BCUT2D eigenvalue weighted by Crippen LogP contribution is 2.41. The minimum atomic E-state index is 0.612. The summed E-state index contributed by atoms with van der Waals surface area (Å²) in [5.41, 5.74) is 0. The van der Waals surface area contributed by atoms with E-state index in [-0.39, 0.29) is 0 Å². The molecule has 1 atom stereocenters. The molecule has 3 heteroatoms. The van der Waals surface area contributed by atoms with E-state index in [1.807, 2.05) is 17.5 Å². The highest BCUT2D eigenvalue weighted by molar-refractivity contribution is 7.11. The first kappa shape index (κ1) is 10.1. The molecule has 14 heavy (non-hydrogen) atoms. The maximum Gasteiger partial charge on any atom is 0.0959 e. The van der Waals surface area contributed by atoms with Gasteiger partial charge in [-0.25, -0.2) is 4.98 Å². The molecule has 1 N–H and O–H groups in total. The van der Waals surface area contributed by atoms with Gasteiger partial charge in [0.2, 0.25) is 0 Å². The van der Waals surface area contributed by atoms with Crippen molar-refractivity contribution in [3.63, 3.8) is 0 Å². The molecule has 1 heterocycles. The molecule has 0 amide bonds. The Morgan fingerprint density at radius 3 is 3.07 bits per heavy atom. The minimum absolute atomic E-state index is 0.612. The fourth-order valence-electron chi connectivity index (χ4n) is 1.34. The van der Waals surface area contributed by atoms with Crippen LogP contribution in [0.1, 0.15) is 48.9 Å². The van der Waals surface area contributed by atoms with Crippen molar-refractivity contribution in [1.29, 1.82) is 0 Å². The topological polar surface area (TPSA) is 24.9 Å². The van der Waals surface area contributed by atoms with Gasteiger partial charge >= 0.3 is 0 Å². The van der Waals surface area contributed by atoms with Crippen molar-refractivity contribution in [2.24, 2.45) is 0 Å². The van der Waals surface area contributed by atoms with Gasteiger partial charge in [-0.15, -0.1) is 11.3 Å². The SMILES string of the molecule is CCC(C)NCc1cnc(C2CC2)s1. The highest BCUT2D eigenvalue weighted by Gasteiger charge is 2.26. The van der Waals surface area contributed by atoms with Gasteiger partial charge in [0.05, 0.1) is 5.01 Å². The third kappa shape index (κ3) is 2.55. The summed E-state index contributed by atoms with van der Waals surface area (Å²) in [6.45, 7) is 5.42. The molecule has 1 aromatic heterocycles. The van der Waals surface area contributed by atoms with Crippen LogP contribution in [0.5, 0.6) is 0 Å². The quantitative estimate of drug-likeness (QED) is 0.808. The standard InChI is InChI=1S/C11H18N2S/c1-3-8(2)12-6-10-7-13-11(14-10)9-4-5-9/h7-9,12H,3-6H2,1-2H3. The van der Waals surface area contributed by atoms with Gasteiger partial charge in [0.15, 0.2) is 0 Å². The lowest BCUT2D eigenvalue weighted by Gasteiger charge is -2.08. The molecule has 1 aromatic rings. The number of nitrogens with one attached hydrogen (secondary N) is 1. The van der Waals surface area contributed by atoms with E-state index in [9.17, 15) is 0 Å². The predicted octanol–water partition coefficient (Wildman–Crippen LogP) is 2.91. The van der Waals surface area contributed by atoms with Gasteiger partial charge in [-0.1, -0.05) is 6.92 Å². The lowest BCUT2D eigenvalue weighted by atomic mass is 10.2. The zero-order valence-electron chi connectivity index (χ0n) is 8.92. The Hall–Kier alpha value is -0.410. The maximum absolute atomic E-state index is 4.46. The van der Waals surface area contributed by atoms with Gasteiger partial charge in [0.25, 0.3) is 0 Å². The molecule has 0 aromatic carbocycles. The van der Waals surface area contributed by atoms with E-state index in [2.05, 4.69) is 24.1 Å². The summed E-state index contributed by atoms with van der Waals surface area (Å²) in [4.78, 5) is 5.84. The Morgan fingerprint density at radius 1 is 1.64 bits per heavy atom. The predicted molar refractivity (Wildman–Crippen MR) is 60.7 cm³/mol. The second-order valence-electron chi connectivity index (χ2n) is 4.13. The third-order valence-electron chi connectivity index (χ3n) is 2.74. The van der Waals surface area contributed by atoms with Gasteiger partial charge in [0, 0.05) is 29.6 Å². The molecular formula is C11H18N2S. The molecule has 0 saturated heterocycles. The summed E-state index contributed by atoms with van der Waals surface area (Å²) < 4.78 is 0. The van der Waals surface area contributed by atoms with Crippen LogP contribution in [0, 0.1) is 0 Å². The molecule has 1 fully saturated rings. The lowest BCUT2D eigenvalue weighted by molar-refractivity contribution is 0.537. The molecule has 0 aliphatic heterocycles. The fourth-order valence-corrected chi connectivity index (χ4v) is 2.38. The van der Waals surface area contributed by atoms with E-state index in [0.29, 0.717) is 6.04 Å². The third-order valence-corrected chi connectivity index (χ3v) is 3.89. The molecule has 1 aliphatic carbocycles. The van der Waals surface area contributed by atoms with Crippen molar-refractivity contribution in [3.8, 4) is 0 Å². The van der Waals surface area contributed by atoms with E-state index in [0.717, 1.165) is 12.5 Å². The first-order valence-electron chi connectivity index (χ1n) is 5.47. The number of aromatic nitrogens is 1. The average molecular weight is 210 g/mol. The Morgan fingerprint density at radius 2 is 2.43 bits per heavy atom. The van der Waals surface area contributed by atoms with Crippen LogP contribution in [0.4, 0.5) is 0 Å². The van der Waals surface area contributed by atoms with Crippen LogP contribution >= 0.6 is 11.3 Å². The van der Waals surface area contributed by atoms with E-state index < -0.39 is 0 Å². The van der Waals surface area contributed by atoms with Crippen LogP contribution in [0.15, 0.2) is 6.20 Å². The molecule has 1 saturated carbocycles. The van der Waals surface area contributed by atoms with Crippen LogP contribution in [-0.4, -0.2) is 11.0 Å². The zero-order valence-corrected chi connectivity index (χ0v) is 9.73. The number of rotatable bonds is 5.